The Morgan fingerprint density at radius 2 is 2.21 bits per heavy atom. The van der Waals surface area contributed by atoms with Crippen LogP contribution < -0.4 is 0 Å². The van der Waals surface area contributed by atoms with Gasteiger partial charge in [-0.05, 0) is 50.7 Å². The van der Waals surface area contributed by atoms with Gasteiger partial charge in [-0.2, -0.15) is 0 Å². The first kappa shape index (κ1) is 22.7. The van der Waals surface area contributed by atoms with Gasteiger partial charge in [0.2, 0.25) is 5.91 Å². The van der Waals surface area contributed by atoms with Crippen molar-refractivity contribution in [3.05, 3.63) is 65.1 Å². The number of halogens is 1. The van der Waals surface area contributed by atoms with E-state index in [-0.39, 0.29) is 11.8 Å². The number of aromatic nitrogens is 3. The number of nitrogens with zero attached hydrogens (tertiary/aromatic N) is 5. The second-order valence-electron chi connectivity index (χ2n) is 8.18. The highest BCUT2D eigenvalue weighted by Crippen LogP contribution is 2.23. The molecule has 33 heavy (non-hydrogen) atoms. The lowest BCUT2D eigenvalue weighted by Crippen LogP contribution is -2.27. The summed E-state index contributed by atoms with van der Waals surface area (Å²) >= 11 is 6.02. The summed E-state index contributed by atoms with van der Waals surface area (Å²) in [6, 6.07) is 9.31. The summed E-state index contributed by atoms with van der Waals surface area (Å²) < 4.78 is 0. The van der Waals surface area contributed by atoms with Gasteiger partial charge >= 0.3 is 0 Å². The standard InChI is InChI=1S/C25H25ClN6O/c1-31(2)11-4-7-23(33)32-12-10-19(16-32)15-27-24-22-14-21(30-25(22)29-17-28-24)9-8-18-5-3-6-20(26)13-18/h3-7,13-15,17,19H,10-12,16H2,1-2H3,(H,28,29,30)/b7-4+,27-15-. The van der Waals surface area contributed by atoms with E-state index in [0.29, 0.717) is 23.0 Å². The van der Waals surface area contributed by atoms with Crippen LogP contribution in [0.3, 0.4) is 0 Å². The molecule has 0 spiro atoms. The van der Waals surface area contributed by atoms with Gasteiger partial charge in [0.05, 0.1) is 11.1 Å². The largest absolute Gasteiger partial charge is 0.338 e. The highest BCUT2D eigenvalue weighted by molar-refractivity contribution is 6.30. The van der Waals surface area contributed by atoms with Crippen molar-refractivity contribution in [3.63, 3.8) is 0 Å². The van der Waals surface area contributed by atoms with E-state index in [0.717, 1.165) is 36.2 Å². The number of amides is 1. The lowest BCUT2D eigenvalue weighted by molar-refractivity contribution is -0.125. The number of rotatable bonds is 5. The van der Waals surface area contributed by atoms with Gasteiger partial charge in [0.25, 0.3) is 0 Å². The molecule has 0 aliphatic carbocycles. The molecular formula is C25H25ClN6O. The van der Waals surface area contributed by atoms with Crippen LogP contribution >= 0.6 is 11.6 Å². The van der Waals surface area contributed by atoms with Gasteiger partial charge in [0.15, 0.2) is 5.82 Å². The number of carbonyl (C=O) groups is 1. The Balaban J connectivity index is 1.44. The second kappa shape index (κ2) is 10.4. The van der Waals surface area contributed by atoms with Crippen LogP contribution in [-0.2, 0) is 4.79 Å². The number of aromatic amines is 1. The molecule has 1 atom stereocenters. The Hall–Kier alpha value is -3.47. The van der Waals surface area contributed by atoms with Crippen LogP contribution in [0.15, 0.2) is 53.8 Å². The molecule has 1 aliphatic heterocycles. The molecule has 1 saturated heterocycles. The van der Waals surface area contributed by atoms with Crippen molar-refractivity contribution in [1.82, 2.24) is 24.8 Å². The maximum Gasteiger partial charge on any atom is 0.246 e. The lowest BCUT2D eigenvalue weighted by Gasteiger charge is -2.13. The molecule has 8 heteroatoms. The van der Waals surface area contributed by atoms with Gasteiger partial charge in [0, 0.05) is 48.4 Å². The average Bonchev–Trinajstić information content (AvgIpc) is 3.43. The summed E-state index contributed by atoms with van der Waals surface area (Å²) in [5.41, 5.74) is 2.24. The van der Waals surface area contributed by atoms with Crippen molar-refractivity contribution >= 4 is 40.6 Å². The van der Waals surface area contributed by atoms with Crippen LogP contribution in [0.5, 0.6) is 0 Å². The number of likely N-dealkylation sites (N-methyl/N-ethyl adjacent to an activating group) is 1. The summed E-state index contributed by atoms with van der Waals surface area (Å²) in [4.78, 5) is 32.7. The van der Waals surface area contributed by atoms with E-state index in [4.69, 9.17) is 11.6 Å². The van der Waals surface area contributed by atoms with Gasteiger partial charge in [-0.3, -0.25) is 4.79 Å². The predicted molar refractivity (Wildman–Crippen MR) is 132 cm³/mol. The van der Waals surface area contributed by atoms with E-state index in [9.17, 15) is 4.79 Å². The number of benzene rings is 1. The van der Waals surface area contributed by atoms with E-state index >= 15 is 0 Å². The van der Waals surface area contributed by atoms with Crippen molar-refractivity contribution in [2.24, 2.45) is 10.9 Å². The fourth-order valence-electron chi connectivity index (χ4n) is 3.56. The molecule has 1 aromatic carbocycles. The number of hydrogen-bond acceptors (Lipinski definition) is 5. The Morgan fingerprint density at radius 1 is 1.33 bits per heavy atom. The molecule has 1 fully saturated rings. The summed E-state index contributed by atoms with van der Waals surface area (Å²) in [7, 11) is 3.95. The molecule has 2 aromatic heterocycles. The van der Waals surface area contributed by atoms with Crippen molar-refractivity contribution in [2.75, 3.05) is 33.7 Å². The van der Waals surface area contributed by atoms with Crippen LogP contribution in [0.2, 0.25) is 5.02 Å². The predicted octanol–water partition coefficient (Wildman–Crippen LogP) is 3.68. The molecule has 4 rings (SSSR count). The number of aliphatic imine (C=N–C) groups is 1. The topological polar surface area (TPSA) is 77.5 Å². The zero-order chi connectivity index (χ0) is 23.2. The third-order valence-electron chi connectivity index (χ3n) is 5.25. The number of carbonyl (C=O) groups excluding carboxylic acids is 1. The first-order valence-corrected chi connectivity index (χ1v) is 11.1. The molecule has 3 aromatic rings. The molecule has 1 amide bonds. The minimum Gasteiger partial charge on any atom is -0.338 e. The molecule has 1 unspecified atom stereocenters. The van der Waals surface area contributed by atoms with Crippen molar-refractivity contribution in [2.45, 2.75) is 6.42 Å². The summed E-state index contributed by atoms with van der Waals surface area (Å²) in [5, 5.41) is 1.46. The molecule has 7 nitrogen and oxygen atoms in total. The molecule has 0 saturated carbocycles. The van der Waals surface area contributed by atoms with E-state index in [1.165, 1.54) is 6.33 Å². The van der Waals surface area contributed by atoms with E-state index in [1.54, 1.807) is 6.08 Å². The molecule has 1 aliphatic rings. The van der Waals surface area contributed by atoms with Crippen LogP contribution in [0.1, 0.15) is 17.7 Å². The first-order chi connectivity index (χ1) is 16.0. The maximum absolute atomic E-state index is 12.3. The Labute approximate surface area is 198 Å². The molecule has 1 N–H and O–H groups in total. The van der Waals surface area contributed by atoms with E-state index in [1.807, 2.05) is 66.5 Å². The fourth-order valence-corrected chi connectivity index (χ4v) is 3.75. The zero-order valence-electron chi connectivity index (χ0n) is 18.6. The summed E-state index contributed by atoms with van der Waals surface area (Å²) in [6.07, 6.45) is 7.80. The summed E-state index contributed by atoms with van der Waals surface area (Å²) in [6.45, 7) is 2.14. The molecular weight excluding hydrogens is 436 g/mol. The van der Waals surface area contributed by atoms with Gasteiger partial charge in [-0.15, -0.1) is 0 Å². The SMILES string of the molecule is CN(C)C/C=C/C(=O)N1CCC(/C=N\c2ncnc3[nH]c(C#Cc4cccc(Cl)c4)cc23)C1. The average molecular weight is 461 g/mol. The van der Waals surface area contributed by atoms with Crippen molar-refractivity contribution in [1.29, 1.82) is 0 Å². The number of H-pyrrole nitrogens is 1. The normalized spacial score (nSPS) is 16.2. The maximum atomic E-state index is 12.3. The van der Waals surface area contributed by atoms with Gasteiger partial charge in [0.1, 0.15) is 12.0 Å². The number of fused-ring (bicyclic) bond motifs is 1. The Kier molecular flexibility index (Phi) is 7.18. The Morgan fingerprint density at radius 3 is 3.03 bits per heavy atom. The number of likely N-dealkylation sites (tertiary alicyclic amines) is 1. The van der Waals surface area contributed by atoms with E-state index in [2.05, 4.69) is 31.8 Å². The van der Waals surface area contributed by atoms with Gasteiger partial charge in [-0.25, -0.2) is 15.0 Å². The van der Waals surface area contributed by atoms with Crippen LogP contribution in [0, 0.1) is 17.8 Å². The molecule has 0 bridgehead atoms. The smallest absolute Gasteiger partial charge is 0.246 e. The van der Waals surface area contributed by atoms with Crippen LogP contribution in [-0.4, -0.2) is 70.6 Å². The highest BCUT2D eigenvalue weighted by atomic mass is 35.5. The van der Waals surface area contributed by atoms with Crippen LogP contribution in [0.25, 0.3) is 11.0 Å². The Bertz CT molecular complexity index is 1270. The lowest BCUT2D eigenvalue weighted by atomic mass is 10.1. The fraction of sp³-hybridized carbons (Fsp3) is 0.280. The number of nitrogens with one attached hydrogen (secondary N) is 1. The monoisotopic (exact) mass is 460 g/mol. The molecule has 0 radical (unpaired) electrons. The molecule has 168 valence electrons. The van der Waals surface area contributed by atoms with Gasteiger partial charge in [-0.1, -0.05) is 29.7 Å². The number of hydrogen-bond donors (Lipinski definition) is 1. The summed E-state index contributed by atoms with van der Waals surface area (Å²) in [5.74, 6) is 7.03. The van der Waals surface area contributed by atoms with E-state index < -0.39 is 0 Å². The quantitative estimate of drug-likeness (QED) is 0.358. The van der Waals surface area contributed by atoms with Crippen molar-refractivity contribution in [3.8, 4) is 11.8 Å². The van der Waals surface area contributed by atoms with Crippen LogP contribution in [0.4, 0.5) is 5.82 Å². The molecule has 3 heterocycles. The second-order valence-corrected chi connectivity index (χ2v) is 8.62. The first-order valence-electron chi connectivity index (χ1n) is 10.7. The van der Waals surface area contributed by atoms with Gasteiger partial charge < -0.3 is 14.8 Å². The third kappa shape index (κ3) is 6.07. The third-order valence-corrected chi connectivity index (χ3v) is 5.48. The minimum atomic E-state index is 0.0470. The highest BCUT2D eigenvalue weighted by Gasteiger charge is 2.23. The van der Waals surface area contributed by atoms with Crippen molar-refractivity contribution < 1.29 is 4.79 Å². The zero-order valence-corrected chi connectivity index (χ0v) is 19.4. The minimum absolute atomic E-state index is 0.0470.